The molecule has 0 radical (unpaired) electrons. The highest BCUT2D eigenvalue weighted by Crippen LogP contribution is 2.36. The molecule has 4 heterocycles. The highest BCUT2D eigenvalue weighted by Gasteiger charge is 2.42. The number of methoxy groups -OCH3 is 1. The van der Waals surface area contributed by atoms with Crippen LogP contribution in [0.2, 0.25) is 0 Å². The molecule has 0 unspecified atom stereocenters. The van der Waals surface area contributed by atoms with Crippen LogP contribution in [0.4, 0.5) is 14.6 Å². The zero-order chi connectivity index (χ0) is 22.0. The molecule has 0 saturated carbocycles. The van der Waals surface area contributed by atoms with Gasteiger partial charge in [0.1, 0.15) is 11.9 Å². The second-order valence-electron chi connectivity index (χ2n) is 7.90. The van der Waals surface area contributed by atoms with Crippen molar-refractivity contribution in [1.82, 2.24) is 14.9 Å². The summed E-state index contributed by atoms with van der Waals surface area (Å²) in [5.74, 6) is -2.49. The van der Waals surface area contributed by atoms with Crippen LogP contribution in [0.1, 0.15) is 36.8 Å². The topological polar surface area (TPSA) is 82.4 Å². The summed E-state index contributed by atoms with van der Waals surface area (Å²) in [5.41, 5.74) is 0.293. The predicted octanol–water partition coefficient (Wildman–Crippen LogP) is 3.11. The fraction of sp³-hybridized carbons (Fsp3) is 0.455. The van der Waals surface area contributed by atoms with E-state index in [9.17, 15) is 13.6 Å². The van der Waals surface area contributed by atoms with Crippen molar-refractivity contribution in [3.05, 3.63) is 47.8 Å². The van der Waals surface area contributed by atoms with Crippen LogP contribution in [-0.2, 0) is 10.7 Å². The SMILES string of the molecule is COc1cc(C(F)(F)CCC(=O)N2C[C@H]3CC[C@@H](C2)N3c2ccc(C#N)cn2)ccn1. The largest absolute Gasteiger partial charge is 0.481 e. The molecule has 0 N–H and O–H groups in total. The fourth-order valence-corrected chi connectivity index (χ4v) is 4.40. The van der Waals surface area contributed by atoms with E-state index in [4.69, 9.17) is 10.00 Å². The van der Waals surface area contributed by atoms with Gasteiger partial charge in [-0.2, -0.15) is 5.26 Å². The van der Waals surface area contributed by atoms with Gasteiger partial charge in [-0.25, -0.2) is 18.7 Å². The Hall–Kier alpha value is -3.28. The normalized spacial score (nSPS) is 20.5. The number of fused-ring (bicyclic) bond motifs is 2. The maximum atomic E-state index is 14.6. The first kappa shape index (κ1) is 21.0. The molecule has 2 aromatic heterocycles. The smallest absolute Gasteiger partial charge is 0.274 e. The van der Waals surface area contributed by atoms with Crippen LogP contribution in [0.25, 0.3) is 0 Å². The molecule has 0 aromatic carbocycles. The number of amides is 1. The van der Waals surface area contributed by atoms with Gasteiger partial charge in [-0.3, -0.25) is 4.79 Å². The Morgan fingerprint density at radius 1 is 1.26 bits per heavy atom. The molecule has 162 valence electrons. The quantitative estimate of drug-likeness (QED) is 0.705. The number of aromatic nitrogens is 2. The second-order valence-corrected chi connectivity index (χ2v) is 7.90. The number of rotatable bonds is 6. The molecule has 1 amide bonds. The number of alkyl halides is 2. The third kappa shape index (κ3) is 4.29. The number of piperazine rings is 1. The lowest BCUT2D eigenvalue weighted by Crippen LogP contribution is -2.55. The van der Waals surface area contributed by atoms with Crippen molar-refractivity contribution in [2.75, 3.05) is 25.1 Å². The molecule has 2 bridgehead atoms. The number of hydrogen-bond donors (Lipinski definition) is 0. The predicted molar refractivity (Wildman–Crippen MR) is 109 cm³/mol. The van der Waals surface area contributed by atoms with Gasteiger partial charge in [-0.15, -0.1) is 0 Å². The molecular formula is C22H23F2N5O2. The van der Waals surface area contributed by atoms with E-state index in [-0.39, 0.29) is 35.9 Å². The van der Waals surface area contributed by atoms with Crippen molar-refractivity contribution in [2.45, 2.75) is 43.7 Å². The molecule has 0 spiro atoms. The number of carbonyl (C=O) groups excluding carboxylic acids is 1. The molecular weight excluding hydrogens is 404 g/mol. The minimum absolute atomic E-state index is 0.105. The lowest BCUT2D eigenvalue weighted by Gasteiger charge is -2.42. The summed E-state index contributed by atoms with van der Waals surface area (Å²) in [5, 5.41) is 8.95. The lowest BCUT2D eigenvalue weighted by molar-refractivity contribution is -0.134. The van der Waals surface area contributed by atoms with Crippen molar-refractivity contribution in [1.29, 1.82) is 5.26 Å². The fourth-order valence-electron chi connectivity index (χ4n) is 4.40. The van der Waals surface area contributed by atoms with E-state index in [2.05, 4.69) is 20.9 Å². The molecule has 2 atom stereocenters. The van der Waals surface area contributed by atoms with E-state index >= 15 is 0 Å². The summed E-state index contributed by atoms with van der Waals surface area (Å²) in [6.07, 6.45) is 3.87. The summed E-state index contributed by atoms with van der Waals surface area (Å²) >= 11 is 0. The maximum Gasteiger partial charge on any atom is 0.274 e. The summed E-state index contributed by atoms with van der Waals surface area (Å²) in [7, 11) is 1.37. The van der Waals surface area contributed by atoms with Gasteiger partial charge in [0.15, 0.2) is 0 Å². The number of hydrogen-bond acceptors (Lipinski definition) is 6. The number of nitrogens with zero attached hydrogens (tertiary/aromatic N) is 5. The van der Waals surface area contributed by atoms with Crippen molar-refractivity contribution in [3.63, 3.8) is 0 Å². The van der Waals surface area contributed by atoms with E-state index in [1.54, 1.807) is 17.2 Å². The molecule has 0 aliphatic carbocycles. The van der Waals surface area contributed by atoms with Crippen molar-refractivity contribution in [2.24, 2.45) is 0 Å². The Morgan fingerprint density at radius 2 is 2.00 bits per heavy atom. The van der Waals surface area contributed by atoms with Gasteiger partial charge in [-0.1, -0.05) is 0 Å². The van der Waals surface area contributed by atoms with E-state index in [0.717, 1.165) is 18.7 Å². The molecule has 7 nitrogen and oxygen atoms in total. The van der Waals surface area contributed by atoms with Crippen LogP contribution >= 0.6 is 0 Å². The molecule has 4 rings (SSSR count). The summed E-state index contributed by atoms with van der Waals surface area (Å²) < 4.78 is 34.2. The summed E-state index contributed by atoms with van der Waals surface area (Å²) in [4.78, 5) is 24.9. The van der Waals surface area contributed by atoms with Gasteiger partial charge in [0.25, 0.3) is 5.92 Å². The van der Waals surface area contributed by atoms with Crippen LogP contribution in [-0.4, -0.2) is 53.1 Å². The first-order valence-corrected chi connectivity index (χ1v) is 10.2. The number of pyridine rings is 2. The average Bonchev–Trinajstić information content (AvgIpc) is 3.06. The van der Waals surface area contributed by atoms with Crippen LogP contribution in [0, 0.1) is 11.3 Å². The van der Waals surface area contributed by atoms with Gasteiger partial charge in [0, 0.05) is 62.0 Å². The zero-order valence-corrected chi connectivity index (χ0v) is 17.2. The van der Waals surface area contributed by atoms with E-state index in [0.29, 0.717) is 18.7 Å². The van der Waals surface area contributed by atoms with E-state index in [1.807, 2.05) is 6.07 Å². The molecule has 2 aliphatic heterocycles. The van der Waals surface area contributed by atoms with Gasteiger partial charge >= 0.3 is 0 Å². The summed E-state index contributed by atoms with van der Waals surface area (Å²) in [6.45, 7) is 0.983. The molecule has 2 saturated heterocycles. The number of halogens is 2. The van der Waals surface area contributed by atoms with Crippen molar-refractivity contribution in [3.8, 4) is 11.9 Å². The van der Waals surface area contributed by atoms with Crippen LogP contribution in [0.3, 0.4) is 0 Å². The Morgan fingerprint density at radius 3 is 2.61 bits per heavy atom. The molecule has 2 fully saturated rings. The Balaban J connectivity index is 1.38. The Kier molecular flexibility index (Phi) is 5.72. The van der Waals surface area contributed by atoms with Crippen LogP contribution in [0.5, 0.6) is 5.88 Å². The number of ether oxygens (including phenoxy) is 1. The van der Waals surface area contributed by atoms with Crippen LogP contribution < -0.4 is 9.64 Å². The minimum Gasteiger partial charge on any atom is -0.481 e. The molecule has 31 heavy (non-hydrogen) atoms. The highest BCUT2D eigenvalue weighted by molar-refractivity contribution is 5.77. The minimum atomic E-state index is -3.14. The monoisotopic (exact) mass is 427 g/mol. The van der Waals surface area contributed by atoms with Gasteiger partial charge < -0.3 is 14.5 Å². The number of nitriles is 1. The number of anilines is 1. The highest BCUT2D eigenvalue weighted by atomic mass is 19.3. The van der Waals surface area contributed by atoms with E-state index in [1.165, 1.54) is 25.4 Å². The first-order valence-electron chi connectivity index (χ1n) is 10.2. The lowest BCUT2D eigenvalue weighted by atomic mass is 10.0. The van der Waals surface area contributed by atoms with Crippen molar-refractivity contribution >= 4 is 11.7 Å². The number of likely N-dealkylation sites (tertiary alicyclic amines) is 1. The van der Waals surface area contributed by atoms with Gasteiger partial charge in [0.2, 0.25) is 11.8 Å². The Bertz CT molecular complexity index is 978. The first-order chi connectivity index (χ1) is 14.9. The van der Waals surface area contributed by atoms with E-state index < -0.39 is 12.3 Å². The van der Waals surface area contributed by atoms with Crippen molar-refractivity contribution < 1.29 is 18.3 Å². The average molecular weight is 427 g/mol. The van der Waals surface area contributed by atoms with Gasteiger partial charge in [-0.05, 0) is 31.0 Å². The summed E-state index contributed by atoms with van der Waals surface area (Å²) in [6, 6.07) is 8.27. The molecule has 9 heteroatoms. The third-order valence-corrected chi connectivity index (χ3v) is 6.00. The molecule has 2 aromatic rings. The Labute approximate surface area is 179 Å². The third-order valence-electron chi connectivity index (χ3n) is 6.00. The van der Waals surface area contributed by atoms with Crippen LogP contribution in [0.15, 0.2) is 36.7 Å². The number of carbonyl (C=O) groups is 1. The molecule has 2 aliphatic rings. The zero-order valence-electron chi connectivity index (χ0n) is 17.2. The standard InChI is InChI=1S/C22H23F2N5O2/c1-31-20-10-16(7-9-26-20)22(23,24)8-6-21(30)28-13-17-3-4-18(14-28)29(17)19-5-2-15(11-25)12-27-19/h2,5,7,9-10,12,17-18H,3-4,6,8,13-14H2,1H3/t17-,18+. The van der Waals surface area contributed by atoms with Gasteiger partial charge in [0.05, 0.1) is 12.7 Å². The maximum absolute atomic E-state index is 14.6. The second kappa shape index (κ2) is 8.46.